The van der Waals surface area contributed by atoms with Gasteiger partial charge >= 0.3 is 6.09 Å². The van der Waals surface area contributed by atoms with E-state index in [4.69, 9.17) is 5.11 Å². The molecule has 0 atom stereocenters. The van der Waals surface area contributed by atoms with E-state index in [2.05, 4.69) is 20.4 Å². The summed E-state index contributed by atoms with van der Waals surface area (Å²) in [5.74, 6) is 0.0876. The first-order valence-electron chi connectivity index (χ1n) is 8.42. The van der Waals surface area contributed by atoms with Crippen LogP contribution in [0.15, 0.2) is 36.7 Å². The van der Waals surface area contributed by atoms with Gasteiger partial charge in [0.1, 0.15) is 0 Å². The van der Waals surface area contributed by atoms with Gasteiger partial charge < -0.3 is 20.4 Å². The minimum Gasteiger partial charge on any atom is -0.493 e. The molecule has 27 heavy (non-hydrogen) atoms. The molecule has 3 N–H and O–H groups in total. The van der Waals surface area contributed by atoms with Crippen LogP contribution in [0.1, 0.15) is 11.3 Å². The van der Waals surface area contributed by atoms with Crippen molar-refractivity contribution in [3.63, 3.8) is 0 Å². The lowest BCUT2D eigenvalue weighted by Crippen LogP contribution is -2.35. The molecule has 3 aromatic rings. The molecule has 4 rings (SSSR count). The minimum absolute atomic E-state index is 0.0938. The van der Waals surface area contributed by atoms with Gasteiger partial charge in [-0.1, -0.05) is 12.1 Å². The summed E-state index contributed by atoms with van der Waals surface area (Å²) in [5, 5.41) is 26.5. The Kier molecular flexibility index (Phi) is 4.11. The van der Waals surface area contributed by atoms with Crippen LogP contribution in [0.4, 0.5) is 16.4 Å². The normalized spacial score (nSPS) is 13.3. The summed E-state index contributed by atoms with van der Waals surface area (Å²) in [4.78, 5) is 20.8. The third-order valence-corrected chi connectivity index (χ3v) is 4.49. The van der Waals surface area contributed by atoms with Crippen LogP contribution in [0, 0.1) is 0 Å². The van der Waals surface area contributed by atoms with Crippen molar-refractivity contribution >= 4 is 17.7 Å². The number of hydrogen-bond donors (Lipinski definition) is 3. The van der Waals surface area contributed by atoms with Crippen LogP contribution in [0.25, 0.3) is 11.1 Å². The van der Waals surface area contributed by atoms with Crippen LogP contribution in [0.2, 0.25) is 0 Å². The Morgan fingerprint density at radius 1 is 1.19 bits per heavy atom. The molecule has 0 saturated carbocycles. The molecular formula is C18H18N6O3. The Balaban J connectivity index is 1.53. The molecule has 9 heteroatoms. The number of nitrogens with one attached hydrogen (secondary N) is 1. The molecule has 0 fully saturated rings. The molecule has 0 aliphatic carbocycles. The van der Waals surface area contributed by atoms with Gasteiger partial charge in [-0.15, -0.1) is 0 Å². The van der Waals surface area contributed by atoms with Crippen LogP contribution >= 0.6 is 0 Å². The van der Waals surface area contributed by atoms with E-state index in [1.165, 1.54) is 4.90 Å². The molecule has 0 unspecified atom stereocenters. The van der Waals surface area contributed by atoms with Crippen molar-refractivity contribution in [3.8, 4) is 17.0 Å². The minimum atomic E-state index is -1.02. The summed E-state index contributed by atoms with van der Waals surface area (Å²) < 4.78 is 1.75. The van der Waals surface area contributed by atoms with Crippen LogP contribution in [0.3, 0.4) is 0 Å². The van der Waals surface area contributed by atoms with Crippen molar-refractivity contribution < 1.29 is 15.0 Å². The fourth-order valence-corrected chi connectivity index (χ4v) is 3.06. The third-order valence-electron chi connectivity index (χ3n) is 4.49. The predicted octanol–water partition coefficient (Wildman–Crippen LogP) is 2.36. The topological polar surface area (TPSA) is 116 Å². The van der Waals surface area contributed by atoms with Crippen LogP contribution < -0.4 is 5.32 Å². The molecule has 0 radical (unpaired) electrons. The lowest BCUT2D eigenvalue weighted by molar-refractivity contribution is 0.139. The van der Waals surface area contributed by atoms with Crippen LogP contribution in [-0.4, -0.2) is 47.5 Å². The lowest BCUT2D eigenvalue weighted by Gasteiger charge is -2.26. The Hall–Kier alpha value is -3.62. The van der Waals surface area contributed by atoms with Crippen molar-refractivity contribution in [2.45, 2.75) is 13.0 Å². The molecule has 0 spiro atoms. The number of rotatable bonds is 3. The summed E-state index contributed by atoms with van der Waals surface area (Å²) >= 11 is 0. The molecule has 138 valence electrons. The fraction of sp³-hybridized carbons (Fsp3) is 0.222. The van der Waals surface area contributed by atoms with Gasteiger partial charge in [-0.2, -0.15) is 10.1 Å². The van der Waals surface area contributed by atoms with E-state index in [0.29, 0.717) is 24.2 Å². The first kappa shape index (κ1) is 16.8. The standard InChI is InChI=1S/C18H18N6O3/c1-23-9-12(8-19-23)11-2-4-13(5-3-11)20-17-21-15-6-7-24(18(26)27)10-14(15)16(25)22-17/h2-5,8-9H,6-7,10H2,1H3,(H,26,27)(H2,20,21,22,25). The summed E-state index contributed by atoms with van der Waals surface area (Å²) in [6.45, 7) is 0.439. The first-order chi connectivity index (χ1) is 13.0. The van der Waals surface area contributed by atoms with Gasteiger partial charge in [-0.3, -0.25) is 4.68 Å². The van der Waals surface area contributed by atoms with Crippen LogP contribution in [0.5, 0.6) is 5.88 Å². The predicted molar refractivity (Wildman–Crippen MR) is 97.8 cm³/mol. The Morgan fingerprint density at radius 2 is 1.96 bits per heavy atom. The zero-order chi connectivity index (χ0) is 19.0. The monoisotopic (exact) mass is 366 g/mol. The number of hydrogen-bond acceptors (Lipinski definition) is 6. The highest BCUT2D eigenvalue weighted by atomic mass is 16.4. The average Bonchev–Trinajstić information content (AvgIpc) is 3.08. The number of nitrogens with zero attached hydrogens (tertiary/aromatic N) is 5. The number of benzene rings is 1. The highest BCUT2D eigenvalue weighted by Crippen LogP contribution is 2.27. The molecule has 0 saturated heterocycles. The third kappa shape index (κ3) is 3.39. The van der Waals surface area contributed by atoms with Crippen molar-refractivity contribution in [1.29, 1.82) is 0 Å². The number of carboxylic acid groups (broad SMARTS) is 1. The Morgan fingerprint density at radius 3 is 2.63 bits per heavy atom. The maximum absolute atomic E-state index is 11.1. The number of amides is 1. The smallest absolute Gasteiger partial charge is 0.407 e. The highest BCUT2D eigenvalue weighted by molar-refractivity contribution is 5.67. The maximum Gasteiger partial charge on any atom is 0.407 e. The van der Waals surface area contributed by atoms with E-state index < -0.39 is 6.09 Å². The molecule has 1 aliphatic rings. The molecular weight excluding hydrogens is 348 g/mol. The molecule has 3 heterocycles. The summed E-state index contributed by atoms with van der Waals surface area (Å²) in [6, 6.07) is 7.72. The molecule has 9 nitrogen and oxygen atoms in total. The van der Waals surface area contributed by atoms with Gasteiger partial charge in [0, 0.05) is 37.5 Å². The van der Waals surface area contributed by atoms with E-state index >= 15 is 0 Å². The second-order valence-corrected chi connectivity index (χ2v) is 6.36. The molecule has 1 aromatic carbocycles. The molecule has 1 aliphatic heterocycles. The SMILES string of the molecule is Cn1cc(-c2ccc(Nc3nc(O)c4c(n3)CCN(C(=O)O)C4)cc2)cn1. The van der Waals surface area contributed by atoms with Crippen molar-refractivity contribution in [2.24, 2.45) is 7.05 Å². The fourth-order valence-electron chi connectivity index (χ4n) is 3.06. The van der Waals surface area contributed by atoms with E-state index in [9.17, 15) is 9.90 Å². The lowest BCUT2D eigenvalue weighted by atomic mass is 10.1. The maximum atomic E-state index is 11.1. The highest BCUT2D eigenvalue weighted by Gasteiger charge is 2.25. The van der Waals surface area contributed by atoms with E-state index in [0.717, 1.165) is 16.8 Å². The first-order valence-corrected chi connectivity index (χ1v) is 8.42. The molecule has 1 amide bonds. The molecule has 2 aromatic heterocycles. The van der Waals surface area contributed by atoms with E-state index in [1.54, 1.807) is 10.9 Å². The largest absolute Gasteiger partial charge is 0.493 e. The van der Waals surface area contributed by atoms with Crippen LogP contribution in [-0.2, 0) is 20.0 Å². The van der Waals surface area contributed by atoms with Crippen molar-refractivity contribution in [3.05, 3.63) is 47.9 Å². The zero-order valence-electron chi connectivity index (χ0n) is 14.6. The van der Waals surface area contributed by atoms with Gasteiger partial charge in [0.05, 0.1) is 24.0 Å². The average molecular weight is 366 g/mol. The summed E-state index contributed by atoms with van der Waals surface area (Å²) in [7, 11) is 1.87. The zero-order valence-corrected chi connectivity index (χ0v) is 14.6. The number of aromatic hydroxyl groups is 1. The second-order valence-electron chi connectivity index (χ2n) is 6.36. The van der Waals surface area contributed by atoms with Gasteiger partial charge in [-0.25, -0.2) is 9.78 Å². The number of fused-ring (bicyclic) bond motifs is 1. The number of carbonyl (C=O) groups is 1. The van der Waals surface area contributed by atoms with E-state index in [-0.39, 0.29) is 18.4 Å². The number of aryl methyl sites for hydroxylation is 1. The van der Waals surface area contributed by atoms with Gasteiger partial charge in [0.15, 0.2) is 0 Å². The Labute approximate surface area is 154 Å². The Bertz CT molecular complexity index is 999. The second kappa shape index (κ2) is 6.60. The quantitative estimate of drug-likeness (QED) is 0.651. The van der Waals surface area contributed by atoms with Crippen molar-refractivity contribution in [2.75, 3.05) is 11.9 Å². The van der Waals surface area contributed by atoms with Gasteiger partial charge in [0.25, 0.3) is 0 Å². The number of anilines is 2. The van der Waals surface area contributed by atoms with Gasteiger partial charge in [0.2, 0.25) is 11.8 Å². The van der Waals surface area contributed by atoms with Gasteiger partial charge in [-0.05, 0) is 17.7 Å². The number of aromatic nitrogens is 4. The van der Waals surface area contributed by atoms with Crippen molar-refractivity contribution in [1.82, 2.24) is 24.6 Å². The summed E-state index contributed by atoms with van der Waals surface area (Å²) in [6.07, 6.45) is 3.16. The summed E-state index contributed by atoms with van der Waals surface area (Å²) in [5.41, 5.74) is 3.96. The van der Waals surface area contributed by atoms with E-state index in [1.807, 2.05) is 37.5 Å². The molecule has 0 bridgehead atoms.